The largest absolute Gasteiger partial charge is 0.321 e. The molecule has 0 radical (unpaired) electrons. The lowest BCUT2D eigenvalue weighted by molar-refractivity contribution is 0.101. The van der Waals surface area contributed by atoms with Crippen molar-refractivity contribution in [3.05, 3.63) is 113 Å². The fourth-order valence-corrected chi connectivity index (χ4v) is 3.25. The third-order valence-electron chi connectivity index (χ3n) is 4.70. The first-order valence-electron chi connectivity index (χ1n) is 9.63. The van der Waals surface area contributed by atoms with Crippen LogP contribution >= 0.6 is 0 Å². The molecule has 3 aromatic carbocycles. The zero-order valence-corrected chi connectivity index (χ0v) is 16.7. The number of nitrogens with one attached hydrogen (secondary N) is 1. The predicted molar refractivity (Wildman–Crippen MR) is 117 cm³/mol. The normalized spacial score (nSPS) is 10.3. The number of anilines is 1. The summed E-state index contributed by atoms with van der Waals surface area (Å²) < 4.78 is 1.50. The first-order chi connectivity index (χ1) is 15.0. The predicted octanol–water partition coefficient (Wildman–Crippen LogP) is 4.54. The van der Waals surface area contributed by atoms with Gasteiger partial charge >= 0.3 is 0 Å². The zero-order valence-electron chi connectivity index (χ0n) is 16.7. The minimum atomic E-state index is -0.368. The molecule has 0 saturated heterocycles. The quantitative estimate of drug-likeness (QED) is 0.493. The molecule has 4 aromatic rings. The van der Waals surface area contributed by atoms with E-state index in [1.165, 1.54) is 4.68 Å². The zero-order chi connectivity index (χ0) is 21.8. The molecule has 0 bridgehead atoms. The number of carbonyl (C=O) groups is 2. The molecule has 0 saturated carbocycles. The molecule has 0 aliphatic rings. The van der Waals surface area contributed by atoms with Crippen LogP contribution in [0.5, 0.6) is 0 Å². The van der Waals surface area contributed by atoms with E-state index >= 15 is 0 Å². The van der Waals surface area contributed by atoms with E-state index in [0.29, 0.717) is 39.5 Å². The summed E-state index contributed by atoms with van der Waals surface area (Å²) in [6.07, 6.45) is 0. The van der Waals surface area contributed by atoms with Crippen molar-refractivity contribution in [3.63, 3.8) is 0 Å². The molecule has 0 unspecified atom stereocenters. The number of aryl methyl sites for hydroxylation is 1. The van der Waals surface area contributed by atoms with Gasteiger partial charge in [0.25, 0.3) is 5.91 Å². The monoisotopic (exact) mass is 406 g/mol. The smallest absolute Gasteiger partial charge is 0.274 e. The van der Waals surface area contributed by atoms with Crippen LogP contribution in [0.15, 0.2) is 84.9 Å². The first-order valence-corrected chi connectivity index (χ1v) is 9.63. The Labute approximate surface area is 179 Å². The SMILES string of the molecule is Cc1cc(C(=O)Nc2cccc(C(=O)c3ccccc3)c2)n(-c2cccc(C#N)c2)n1. The molecule has 0 aliphatic carbocycles. The maximum Gasteiger partial charge on any atom is 0.274 e. The number of hydrogen-bond donors (Lipinski definition) is 1. The maximum atomic E-state index is 13.0. The van der Waals surface area contributed by atoms with E-state index in [-0.39, 0.29) is 11.7 Å². The molecule has 0 fully saturated rings. The Hall–Kier alpha value is -4.50. The van der Waals surface area contributed by atoms with Crippen LogP contribution in [0.1, 0.15) is 37.7 Å². The van der Waals surface area contributed by atoms with Gasteiger partial charge in [0.1, 0.15) is 5.69 Å². The number of aromatic nitrogens is 2. The topological polar surface area (TPSA) is 87.8 Å². The van der Waals surface area contributed by atoms with Crippen molar-refractivity contribution in [2.24, 2.45) is 0 Å². The van der Waals surface area contributed by atoms with E-state index in [1.807, 2.05) is 18.2 Å². The molecule has 6 nitrogen and oxygen atoms in total. The minimum absolute atomic E-state index is 0.120. The molecule has 0 aliphatic heterocycles. The summed E-state index contributed by atoms with van der Waals surface area (Å²) in [5.41, 5.74) is 3.65. The van der Waals surface area contributed by atoms with Crippen LogP contribution in [0.25, 0.3) is 5.69 Å². The van der Waals surface area contributed by atoms with Crippen molar-refractivity contribution < 1.29 is 9.59 Å². The number of hydrogen-bond acceptors (Lipinski definition) is 4. The number of amides is 1. The van der Waals surface area contributed by atoms with Gasteiger partial charge in [0.2, 0.25) is 0 Å². The van der Waals surface area contributed by atoms with Crippen LogP contribution in [-0.2, 0) is 0 Å². The summed E-state index contributed by atoms with van der Waals surface area (Å²) in [5.74, 6) is -0.488. The van der Waals surface area contributed by atoms with Gasteiger partial charge in [-0.1, -0.05) is 48.5 Å². The van der Waals surface area contributed by atoms with Gasteiger partial charge in [0.05, 0.1) is 23.0 Å². The molecule has 1 N–H and O–H groups in total. The van der Waals surface area contributed by atoms with E-state index in [9.17, 15) is 9.59 Å². The second-order valence-electron chi connectivity index (χ2n) is 6.97. The highest BCUT2D eigenvalue weighted by Gasteiger charge is 2.17. The summed E-state index contributed by atoms with van der Waals surface area (Å²) in [6.45, 7) is 1.79. The lowest BCUT2D eigenvalue weighted by Gasteiger charge is -2.10. The second kappa shape index (κ2) is 8.47. The van der Waals surface area contributed by atoms with Crippen molar-refractivity contribution >= 4 is 17.4 Å². The molecule has 150 valence electrons. The van der Waals surface area contributed by atoms with Gasteiger partial charge in [-0.25, -0.2) is 4.68 Å². The van der Waals surface area contributed by atoms with E-state index in [4.69, 9.17) is 5.26 Å². The maximum absolute atomic E-state index is 13.0. The molecule has 4 rings (SSSR count). The van der Waals surface area contributed by atoms with Gasteiger partial charge in [0, 0.05) is 16.8 Å². The molecule has 6 heteroatoms. The van der Waals surface area contributed by atoms with Gasteiger partial charge < -0.3 is 5.32 Å². The fourth-order valence-electron chi connectivity index (χ4n) is 3.25. The lowest BCUT2D eigenvalue weighted by Crippen LogP contribution is -2.17. The Balaban J connectivity index is 1.61. The Morgan fingerprint density at radius 2 is 1.65 bits per heavy atom. The van der Waals surface area contributed by atoms with Gasteiger partial charge in [-0.15, -0.1) is 0 Å². The molecule has 1 aromatic heterocycles. The van der Waals surface area contributed by atoms with E-state index in [0.717, 1.165) is 0 Å². The number of nitriles is 1. The van der Waals surface area contributed by atoms with Crippen molar-refractivity contribution in [1.29, 1.82) is 5.26 Å². The Morgan fingerprint density at radius 3 is 2.42 bits per heavy atom. The van der Waals surface area contributed by atoms with Crippen LogP contribution in [0.4, 0.5) is 5.69 Å². The van der Waals surface area contributed by atoms with Crippen molar-refractivity contribution in [2.75, 3.05) is 5.32 Å². The molecule has 0 spiro atoms. The summed E-state index contributed by atoms with van der Waals surface area (Å²) in [5, 5.41) is 16.4. The highest BCUT2D eigenvalue weighted by atomic mass is 16.2. The molecule has 1 amide bonds. The standard InChI is InChI=1S/C25H18N4O2/c1-17-13-23(29(28-17)22-12-5-7-18(14-22)16-26)25(31)27-21-11-6-10-20(15-21)24(30)19-8-3-2-4-9-19/h2-15H,1H3,(H,27,31). The van der Waals surface area contributed by atoms with Gasteiger partial charge in [-0.05, 0) is 43.3 Å². The Morgan fingerprint density at radius 1 is 0.903 bits per heavy atom. The second-order valence-corrected chi connectivity index (χ2v) is 6.97. The van der Waals surface area contributed by atoms with Crippen LogP contribution in [0.3, 0.4) is 0 Å². The third-order valence-corrected chi connectivity index (χ3v) is 4.70. The van der Waals surface area contributed by atoms with Gasteiger partial charge in [0.15, 0.2) is 5.78 Å². The van der Waals surface area contributed by atoms with Crippen LogP contribution < -0.4 is 5.32 Å². The van der Waals surface area contributed by atoms with E-state index < -0.39 is 0 Å². The van der Waals surface area contributed by atoms with Crippen molar-refractivity contribution in [2.45, 2.75) is 6.92 Å². The summed E-state index contributed by atoms with van der Waals surface area (Å²) in [4.78, 5) is 25.7. The van der Waals surface area contributed by atoms with Gasteiger partial charge in [-0.2, -0.15) is 10.4 Å². The minimum Gasteiger partial charge on any atom is -0.321 e. The Bertz CT molecular complexity index is 1320. The molecule has 31 heavy (non-hydrogen) atoms. The van der Waals surface area contributed by atoms with Crippen molar-refractivity contribution in [1.82, 2.24) is 9.78 Å². The number of ketones is 1. The lowest BCUT2D eigenvalue weighted by atomic mass is 10.0. The van der Waals surface area contributed by atoms with Crippen molar-refractivity contribution in [3.8, 4) is 11.8 Å². The summed E-state index contributed by atoms with van der Waals surface area (Å²) >= 11 is 0. The third kappa shape index (κ3) is 4.26. The summed E-state index contributed by atoms with van der Waals surface area (Å²) in [6, 6.07) is 26.4. The average Bonchev–Trinajstić information content (AvgIpc) is 3.21. The fraction of sp³-hybridized carbons (Fsp3) is 0.0400. The van der Waals surface area contributed by atoms with Crippen LogP contribution in [0.2, 0.25) is 0 Å². The number of carbonyl (C=O) groups excluding carboxylic acids is 2. The first kappa shape index (κ1) is 19.8. The van der Waals surface area contributed by atoms with E-state index in [1.54, 1.807) is 73.7 Å². The average molecular weight is 406 g/mol. The Kier molecular flexibility index (Phi) is 5.41. The van der Waals surface area contributed by atoms with Crippen LogP contribution in [-0.4, -0.2) is 21.5 Å². The van der Waals surface area contributed by atoms with Crippen LogP contribution in [0, 0.1) is 18.3 Å². The highest BCUT2D eigenvalue weighted by molar-refractivity contribution is 6.10. The number of benzene rings is 3. The molecule has 1 heterocycles. The van der Waals surface area contributed by atoms with E-state index in [2.05, 4.69) is 16.5 Å². The van der Waals surface area contributed by atoms with Gasteiger partial charge in [-0.3, -0.25) is 9.59 Å². The molecular weight excluding hydrogens is 388 g/mol. The molecular formula is C25H18N4O2. The number of rotatable bonds is 5. The highest BCUT2D eigenvalue weighted by Crippen LogP contribution is 2.18. The summed E-state index contributed by atoms with van der Waals surface area (Å²) in [7, 11) is 0. The number of nitrogens with zero attached hydrogens (tertiary/aromatic N) is 3. The molecule has 0 atom stereocenters.